The van der Waals surface area contributed by atoms with Crippen molar-refractivity contribution < 1.29 is 9.53 Å². The highest BCUT2D eigenvalue weighted by atomic mass is 35.5. The van der Waals surface area contributed by atoms with Crippen molar-refractivity contribution in [3.8, 4) is 5.75 Å². The van der Waals surface area contributed by atoms with Gasteiger partial charge in [0.2, 0.25) is 5.60 Å². The smallest absolute Gasteiger partial charge is 0.273 e. The van der Waals surface area contributed by atoms with Crippen molar-refractivity contribution in [1.29, 1.82) is 0 Å². The lowest BCUT2D eigenvalue weighted by Crippen LogP contribution is -2.39. The first kappa shape index (κ1) is 14.6. The second kappa shape index (κ2) is 6.20. The lowest BCUT2D eigenvalue weighted by atomic mass is 9.89. The van der Waals surface area contributed by atoms with Crippen molar-refractivity contribution in [3.05, 3.63) is 90.5 Å². The van der Waals surface area contributed by atoms with Crippen molar-refractivity contribution in [1.82, 2.24) is 0 Å². The van der Waals surface area contributed by atoms with Gasteiger partial charge in [-0.1, -0.05) is 60.7 Å². The first-order chi connectivity index (χ1) is 10.7. The number of halogens is 1. The van der Waals surface area contributed by atoms with Crippen LogP contribution in [0.15, 0.2) is 85.0 Å². The molecule has 0 spiro atoms. The second-order valence-electron chi connectivity index (χ2n) is 5.14. The Morgan fingerprint density at radius 3 is 2.00 bits per heavy atom. The molecule has 3 heteroatoms. The van der Waals surface area contributed by atoms with Crippen LogP contribution in [0.2, 0.25) is 0 Å². The Kier molecular flexibility index (Phi) is 4.12. The molecule has 0 radical (unpaired) electrons. The number of hydrogen-bond donors (Lipinski definition) is 0. The lowest BCUT2D eigenvalue weighted by Gasteiger charge is -2.28. The van der Waals surface area contributed by atoms with Crippen molar-refractivity contribution in [2.24, 2.45) is 0 Å². The van der Waals surface area contributed by atoms with Crippen molar-refractivity contribution in [3.63, 3.8) is 0 Å². The molecule has 1 aliphatic carbocycles. The molecule has 2 nitrogen and oxygen atoms in total. The minimum Gasteiger partial charge on any atom is -0.470 e. The molecule has 3 rings (SSSR count). The van der Waals surface area contributed by atoms with Gasteiger partial charge in [-0.3, -0.25) is 4.79 Å². The van der Waals surface area contributed by atoms with E-state index in [0.717, 1.165) is 5.56 Å². The Morgan fingerprint density at radius 1 is 0.909 bits per heavy atom. The summed E-state index contributed by atoms with van der Waals surface area (Å²) < 4.78 is 5.83. The summed E-state index contributed by atoms with van der Waals surface area (Å²) in [5.41, 5.74) is -0.0842. The Hall–Kier alpha value is -2.32. The van der Waals surface area contributed by atoms with Crippen molar-refractivity contribution >= 4 is 16.8 Å². The number of carbonyl (C=O) groups excluding carboxylic acids is 1. The molecule has 0 aromatic heterocycles. The fraction of sp³-hybridized carbons (Fsp3) is 0.105. The van der Waals surface area contributed by atoms with Crippen LogP contribution in [-0.4, -0.2) is 10.8 Å². The summed E-state index contributed by atoms with van der Waals surface area (Å²) in [5.74, 6) is 0.716. The van der Waals surface area contributed by atoms with Gasteiger partial charge in [-0.15, -0.1) is 0 Å². The van der Waals surface area contributed by atoms with E-state index < -0.39 is 10.8 Å². The Balaban J connectivity index is 1.86. The van der Waals surface area contributed by atoms with Crippen LogP contribution in [0.4, 0.5) is 0 Å². The van der Waals surface area contributed by atoms with Crippen LogP contribution in [0.5, 0.6) is 5.75 Å². The van der Waals surface area contributed by atoms with Crippen LogP contribution in [0, 0.1) is 0 Å². The summed E-state index contributed by atoms with van der Waals surface area (Å²) in [7, 11) is 0. The average molecular weight is 311 g/mol. The monoisotopic (exact) mass is 310 g/mol. The molecule has 0 fully saturated rings. The van der Waals surface area contributed by atoms with Gasteiger partial charge in [-0.05, 0) is 41.4 Å². The first-order valence-electron chi connectivity index (χ1n) is 7.07. The van der Waals surface area contributed by atoms with E-state index >= 15 is 0 Å². The average Bonchev–Trinajstić information content (AvgIpc) is 2.57. The predicted octanol–water partition coefficient (Wildman–Crippen LogP) is 4.48. The molecular formula is C19H15ClO2. The highest BCUT2D eigenvalue weighted by molar-refractivity contribution is 6.66. The summed E-state index contributed by atoms with van der Waals surface area (Å²) in [6.45, 7) is 0. The quantitative estimate of drug-likeness (QED) is 0.615. The maximum atomic E-state index is 11.9. The fourth-order valence-corrected chi connectivity index (χ4v) is 2.60. The van der Waals surface area contributed by atoms with Crippen molar-refractivity contribution in [2.45, 2.75) is 11.5 Å². The zero-order valence-corrected chi connectivity index (χ0v) is 12.6. The Morgan fingerprint density at radius 2 is 1.45 bits per heavy atom. The van der Waals surface area contributed by atoms with Gasteiger partial charge >= 0.3 is 0 Å². The summed E-state index contributed by atoms with van der Waals surface area (Å²) in [4.78, 5) is 11.9. The zero-order chi connectivity index (χ0) is 15.4. The Labute approximate surface area is 134 Å². The molecular weight excluding hydrogens is 296 g/mol. The molecule has 0 heterocycles. The third-order valence-corrected chi connectivity index (χ3v) is 3.92. The number of rotatable bonds is 4. The van der Waals surface area contributed by atoms with Gasteiger partial charge in [0.15, 0.2) is 0 Å². The third kappa shape index (κ3) is 2.97. The van der Waals surface area contributed by atoms with Gasteiger partial charge in [0, 0.05) is 5.92 Å². The van der Waals surface area contributed by atoms with Gasteiger partial charge < -0.3 is 4.74 Å². The maximum Gasteiger partial charge on any atom is 0.273 e. The fourth-order valence-electron chi connectivity index (χ4n) is 2.43. The maximum absolute atomic E-state index is 11.9. The number of allylic oxidation sites excluding steroid dienone is 2. The van der Waals surface area contributed by atoms with Crippen LogP contribution in [-0.2, 0) is 4.79 Å². The summed E-state index contributed by atoms with van der Waals surface area (Å²) in [5, 5.41) is -0.560. The molecule has 0 atom stereocenters. The molecule has 0 unspecified atom stereocenters. The molecule has 22 heavy (non-hydrogen) atoms. The van der Waals surface area contributed by atoms with E-state index in [-0.39, 0.29) is 5.92 Å². The van der Waals surface area contributed by atoms with E-state index in [0.29, 0.717) is 5.75 Å². The first-order valence-corrected chi connectivity index (χ1v) is 7.45. The van der Waals surface area contributed by atoms with Crippen LogP contribution in [0.1, 0.15) is 11.5 Å². The van der Waals surface area contributed by atoms with Gasteiger partial charge in [-0.25, -0.2) is 0 Å². The van der Waals surface area contributed by atoms with E-state index in [2.05, 4.69) is 0 Å². The van der Waals surface area contributed by atoms with Crippen LogP contribution in [0.25, 0.3) is 0 Å². The molecule has 110 valence electrons. The molecule has 0 aliphatic heterocycles. The highest BCUT2D eigenvalue weighted by Gasteiger charge is 2.36. The zero-order valence-electron chi connectivity index (χ0n) is 11.9. The van der Waals surface area contributed by atoms with Gasteiger partial charge in [0.25, 0.3) is 5.24 Å². The topological polar surface area (TPSA) is 26.3 Å². The number of carbonyl (C=O) groups is 1. The largest absolute Gasteiger partial charge is 0.470 e. The molecule has 0 saturated carbocycles. The molecule has 0 N–H and O–H groups in total. The van der Waals surface area contributed by atoms with Crippen molar-refractivity contribution in [2.75, 3.05) is 0 Å². The van der Waals surface area contributed by atoms with Crippen LogP contribution < -0.4 is 4.74 Å². The van der Waals surface area contributed by atoms with E-state index in [1.807, 2.05) is 60.7 Å². The minimum atomic E-state index is -1.24. The number of ether oxygens (including phenoxy) is 1. The second-order valence-corrected chi connectivity index (χ2v) is 5.48. The summed E-state index contributed by atoms with van der Waals surface area (Å²) in [6.07, 6.45) is 7.34. The highest BCUT2D eigenvalue weighted by Crippen LogP contribution is 2.31. The third-order valence-electron chi connectivity index (χ3n) is 3.62. The summed E-state index contributed by atoms with van der Waals surface area (Å²) in [6, 6.07) is 19.2. The molecule has 0 saturated heterocycles. The van der Waals surface area contributed by atoms with Crippen LogP contribution >= 0.6 is 11.6 Å². The van der Waals surface area contributed by atoms with E-state index in [9.17, 15) is 4.79 Å². The SMILES string of the molecule is O=C(Cl)C1(Oc2ccccc2)C=CC(c2ccccc2)C=C1. The molecule has 2 aromatic rings. The molecule has 0 bridgehead atoms. The number of para-hydroxylation sites is 1. The summed E-state index contributed by atoms with van der Waals surface area (Å²) >= 11 is 5.79. The normalized spacial score (nSPS) is 23.2. The van der Waals surface area contributed by atoms with Gasteiger partial charge in [-0.2, -0.15) is 0 Å². The van der Waals surface area contributed by atoms with E-state index in [1.165, 1.54) is 0 Å². The predicted molar refractivity (Wildman–Crippen MR) is 88.1 cm³/mol. The van der Waals surface area contributed by atoms with Crippen LogP contribution in [0.3, 0.4) is 0 Å². The number of benzene rings is 2. The van der Waals surface area contributed by atoms with E-state index in [1.54, 1.807) is 24.3 Å². The molecule has 1 aliphatic rings. The van der Waals surface area contributed by atoms with Gasteiger partial charge in [0.1, 0.15) is 5.75 Å². The minimum absolute atomic E-state index is 0.115. The van der Waals surface area contributed by atoms with Gasteiger partial charge in [0.05, 0.1) is 0 Å². The van der Waals surface area contributed by atoms with E-state index in [4.69, 9.17) is 16.3 Å². The Bertz CT molecular complexity index is 691. The lowest BCUT2D eigenvalue weighted by molar-refractivity contribution is -0.119. The standard InChI is InChI=1S/C19H15ClO2/c20-18(21)19(22-17-9-5-2-6-10-17)13-11-16(12-14-19)15-7-3-1-4-8-15/h1-14,16H. The molecule has 2 aromatic carbocycles. The number of hydrogen-bond acceptors (Lipinski definition) is 2. The molecule has 0 amide bonds.